The number of guanidine groups is 1. The summed E-state index contributed by atoms with van der Waals surface area (Å²) < 4.78 is 10.5. The van der Waals surface area contributed by atoms with Crippen LogP contribution in [0.2, 0.25) is 0 Å². The SMILES string of the molecule is C=C(C)CN=C(NCCc1ccco1)NC1CCN(CCCOC)CC1. The Morgan fingerprint density at radius 3 is 2.88 bits per heavy atom. The van der Waals surface area contributed by atoms with Gasteiger partial charge < -0.3 is 24.7 Å². The van der Waals surface area contributed by atoms with Crippen molar-refractivity contribution >= 4 is 5.96 Å². The van der Waals surface area contributed by atoms with Crippen LogP contribution in [0.15, 0.2) is 40.0 Å². The number of methoxy groups -OCH3 is 1. The monoisotopic (exact) mass is 362 g/mol. The summed E-state index contributed by atoms with van der Waals surface area (Å²) in [7, 11) is 1.76. The Hall–Kier alpha value is -1.79. The average Bonchev–Trinajstić information content (AvgIpc) is 3.14. The molecule has 6 nitrogen and oxygen atoms in total. The number of aliphatic imine (C=N–C) groups is 1. The molecular weight excluding hydrogens is 328 g/mol. The Morgan fingerprint density at radius 1 is 1.42 bits per heavy atom. The predicted octanol–water partition coefficient (Wildman–Crippen LogP) is 2.43. The number of hydrogen-bond acceptors (Lipinski definition) is 4. The highest BCUT2D eigenvalue weighted by Crippen LogP contribution is 2.10. The van der Waals surface area contributed by atoms with Gasteiger partial charge in [-0.05, 0) is 38.3 Å². The topological polar surface area (TPSA) is 62.0 Å². The van der Waals surface area contributed by atoms with E-state index >= 15 is 0 Å². The van der Waals surface area contributed by atoms with Gasteiger partial charge in [-0.2, -0.15) is 0 Å². The molecule has 1 fully saturated rings. The minimum Gasteiger partial charge on any atom is -0.469 e. The van der Waals surface area contributed by atoms with Crippen molar-refractivity contribution in [3.8, 4) is 0 Å². The van der Waals surface area contributed by atoms with Gasteiger partial charge in [-0.15, -0.1) is 0 Å². The molecule has 6 heteroatoms. The van der Waals surface area contributed by atoms with E-state index in [1.54, 1.807) is 13.4 Å². The summed E-state index contributed by atoms with van der Waals surface area (Å²) in [6.45, 7) is 11.6. The van der Waals surface area contributed by atoms with Crippen LogP contribution in [0.3, 0.4) is 0 Å². The Labute approximate surface area is 157 Å². The van der Waals surface area contributed by atoms with E-state index in [-0.39, 0.29) is 0 Å². The Balaban J connectivity index is 1.75. The van der Waals surface area contributed by atoms with Gasteiger partial charge >= 0.3 is 0 Å². The molecule has 1 aromatic heterocycles. The van der Waals surface area contributed by atoms with Crippen molar-refractivity contribution in [2.45, 2.75) is 38.6 Å². The molecule has 1 aliphatic heterocycles. The molecule has 2 rings (SSSR count). The second-order valence-electron chi connectivity index (χ2n) is 6.98. The van der Waals surface area contributed by atoms with Crippen LogP contribution in [0.25, 0.3) is 0 Å². The lowest BCUT2D eigenvalue weighted by atomic mass is 10.1. The van der Waals surface area contributed by atoms with Gasteiger partial charge in [0.05, 0.1) is 12.8 Å². The second kappa shape index (κ2) is 11.8. The van der Waals surface area contributed by atoms with E-state index in [2.05, 4.69) is 27.1 Å². The molecule has 1 aliphatic rings. The van der Waals surface area contributed by atoms with Gasteiger partial charge in [0.15, 0.2) is 5.96 Å². The van der Waals surface area contributed by atoms with Crippen molar-refractivity contribution in [3.05, 3.63) is 36.3 Å². The molecule has 1 saturated heterocycles. The molecular formula is C20H34N4O2. The molecule has 146 valence electrons. The standard InChI is InChI=1S/C20H34N4O2/c1-17(2)16-22-20(21-10-7-19-6-4-15-26-19)23-18-8-12-24(13-9-18)11-5-14-25-3/h4,6,15,18H,1,5,7-14,16H2,2-3H3,(H2,21,22,23). The predicted molar refractivity (Wildman–Crippen MR) is 107 cm³/mol. The van der Waals surface area contributed by atoms with E-state index in [9.17, 15) is 0 Å². The fourth-order valence-corrected chi connectivity index (χ4v) is 3.05. The van der Waals surface area contributed by atoms with E-state index in [4.69, 9.17) is 9.15 Å². The first-order chi connectivity index (χ1) is 12.7. The molecule has 0 radical (unpaired) electrons. The van der Waals surface area contributed by atoms with Gasteiger partial charge in [-0.3, -0.25) is 0 Å². The number of likely N-dealkylation sites (tertiary alicyclic amines) is 1. The Bertz CT molecular complexity index is 534. The highest BCUT2D eigenvalue weighted by molar-refractivity contribution is 5.80. The van der Waals surface area contributed by atoms with Crippen molar-refractivity contribution in [1.29, 1.82) is 0 Å². The van der Waals surface area contributed by atoms with Crippen LogP contribution in [-0.2, 0) is 11.2 Å². The maximum atomic E-state index is 5.39. The lowest BCUT2D eigenvalue weighted by molar-refractivity contribution is 0.155. The second-order valence-corrected chi connectivity index (χ2v) is 6.98. The van der Waals surface area contributed by atoms with Gasteiger partial charge in [0, 0.05) is 52.4 Å². The average molecular weight is 363 g/mol. The number of furan rings is 1. The van der Waals surface area contributed by atoms with Crippen LogP contribution < -0.4 is 10.6 Å². The number of ether oxygens (including phenoxy) is 1. The Morgan fingerprint density at radius 2 is 2.23 bits per heavy atom. The van der Waals surface area contributed by atoms with Crippen LogP contribution in [0, 0.1) is 0 Å². The molecule has 26 heavy (non-hydrogen) atoms. The third kappa shape index (κ3) is 8.06. The molecule has 0 atom stereocenters. The molecule has 0 saturated carbocycles. The normalized spacial score (nSPS) is 16.6. The zero-order valence-corrected chi connectivity index (χ0v) is 16.3. The van der Waals surface area contributed by atoms with Gasteiger partial charge in [0.2, 0.25) is 0 Å². The van der Waals surface area contributed by atoms with Crippen molar-refractivity contribution in [2.24, 2.45) is 4.99 Å². The number of nitrogens with zero attached hydrogens (tertiary/aromatic N) is 2. The van der Waals surface area contributed by atoms with Crippen molar-refractivity contribution < 1.29 is 9.15 Å². The summed E-state index contributed by atoms with van der Waals surface area (Å²) in [4.78, 5) is 7.17. The summed E-state index contributed by atoms with van der Waals surface area (Å²) in [6.07, 6.45) is 5.94. The third-order valence-electron chi connectivity index (χ3n) is 4.50. The van der Waals surface area contributed by atoms with E-state index in [0.717, 1.165) is 75.8 Å². The Kier molecular flexibility index (Phi) is 9.28. The highest BCUT2D eigenvalue weighted by atomic mass is 16.5. The van der Waals surface area contributed by atoms with Crippen LogP contribution in [0.1, 0.15) is 31.9 Å². The summed E-state index contributed by atoms with van der Waals surface area (Å²) in [5.41, 5.74) is 1.06. The first-order valence-corrected chi connectivity index (χ1v) is 9.60. The minimum absolute atomic E-state index is 0.466. The van der Waals surface area contributed by atoms with Gasteiger partial charge in [0.1, 0.15) is 5.76 Å². The fourth-order valence-electron chi connectivity index (χ4n) is 3.05. The third-order valence-corrected chi connectivity index (χ3v) is 4.50. The van der Waals surface area contributed by atoms with Crippen LogP contribution in [0.5, 0.6) is 0 Å². The highest BCUT2D eigenvalue weighted by Gasteiger charge is 2.19. The zero-order valence-electron chi connectivity index (χ0n) is 16.3. The molecule has 0 unspecified atom stereocenters. The first kappa shape index (κ1) is 20.5. The van der Waals surface area contributed by atoms with Gasteiger partial charge in [-0.1, -0.05) is 12.2 Å². The van der Waals surface area contributed by atoms with Crippen LogP contribution >= 0.6 is 0 Å². The van der Waals surface area contributed by atoms with Crippen LogP contribution in [0.4, 0.5) is 0 Å². The van der Waals surface area contributed by atoms with E-state index in [0.29, 0.717) is 12.6 Å². The molecule has 0 bridgehead atoms. The molecule has 2 N–H and O–H groups in total. The van der Waals surface area contributed by atoms with E-state index in [1.165, 1.54) is 0 Å². The quantitative estimate of drug-likeness (QED) is 0.290. The molecule has 0 spiro atoms. The van der Waals surface area contributed by atoms with Gasteiger partial charge in [-0.25, -0.2) is 4.99 Å². The molecule has 1 aromatic rings. The van der Waals surface area contributed by atoms with Crippen molar-refractivity contribution in [1.82, 2.24) is 15.5 Å². The molecule has 0 aliphatic carbocycles. The van der Waals surface area contributed by atoms with E-state index in [1.807, 2.05) is 19.1 Å². The van der Waals surface area contributed by atoms with Gasteiger partial charge in [0.25, 0.3) is 0 Å². The maximum Gasteiger partial charge on any atom is 0.191 e. The number of rotatable bonds is 10. The smallest absolute Gasteiger partial charge is 0.191 e. The van der Waals surface area contributed by atoms with E-state index < -0.39 is 0 Å². The largest absolute Gasteiger partial charge is 0.469 e. The van der Waals surface area contributed by atoms with Crippen molar-refractivity contribution in [3.63, 3.8) is 0 Å². The lowest BCUT2D eigenvalue weighted by Gasteiger charge is -2.33. The first-order valence-electron chi connectivity index (χ1n) is 9.60. The fraction of sp³-hybridized carbons (Fsp3) is 0.650. The number of hydrogen-bond donors (Lipinski definition) is 2. The molecule has 2 heterocycles. The van der Waals surface area contributed by atoms with Crippen molar-refractivity contribution in [2.75, 3.05) is 46.4 Å². The zero-order chi connectivity index (χ0) is 18.6. The summed E-state index contributed by atoms with van der Waals surface area (Å²) >= 11 is 0. The van der Waals surface area contributed by atoms with Crippen LogP contribution in [-0.4, -0.2) is 63.3 Å². The maximum absolute atomic E-state index is 5.39. The summed E-state index contributed by atoms with van der Waals surface area (Å²) in [6, 6.07) is 4.39. The molecule has 0 aromatic carbocycles. The number of nitrogens with one attached hydrogen (secondary N) is 2. The summed E-state index contributed by atoms with van der Waals surface area (Å²) in [5, 5.41) is 7.02. The molecule has 0 amide bonds. The summed E-state index contributed by atoms with van der Waals surface area (Å²) in [5.74, 6) is 1.86. The number of piperidine rings is 1. The minimum atomic E-state index is 0.466. The lowest BCUT2D eigenvalue weighted by Crippen LogP contribution is -2.49.